The number of aryl methyl sites for hydroxylation is 3. The zero-order valence-electron chi connectivity index (χ0n) is 27.8. The summed E-state index contributed by atoms with van der Waals surface area (Å²) in [7, 11) is -4.71. The number of carbonyl (C=O) groups is 2. The highest BCUT2D eigenvalue weighted by Crippen LogP contribution is 2.34. The van der Waals surface area contributed by atoms with Gasteiger partial charge in [-0.25, -0.2) is 16.8 Å². The Bertz CT molecular complexity index is 2380. The van der Waals surface area contributed by atoms with E-state index in [0.29, 0.717) is 0 Å². The minimum absolute atomic E-state index is 0.128. The van der Waals surface area contributed by atoms with Gasteiger partial charge in [0.2, 0.25) is 0 Å². The van der Waals surface area contributed by atoms with Gasteiger partial charge in [0.25, 0.3) is 23.0 Å². The van der Waals surface area contributed by atoms with Crippen molar-refractivity contribution < 1.29 is 44.7 Å². The van der Waals surface area contributed by atoms with Crippen LogP contribution < -0.4 is 9.13 Å². The van der Waals surface area contributed by atoms with Gasteiger partial charge >= 0.3 is 0 Å². The van der Waals surface area contributed by atoms with Gasteiger partial charge in [0.05, 0.1) is 20.9 Å². The third-order valence-corrected chi connectivity index (χ3v) is 9.76. The van der Waals surface area contributed by atoms with Gasteiger partial charge in [0, 0.05) is 23.3 Å². The first kappa shape index (κ1) is 36.6. The lowest BCUT2D eigenvalue weighted by atomic mass is 10.1. The van der Waals surface area contributed by atoms with E-state index >= 15 is 0 Å². The molecule has 0 atom stereocenters. The number of rotatable bonds is 2. The summed E-state index contributed by atoms with van der Waals surface area (Å²) >= 11 is 0. The Morgan fingerprint density at radius 2 is 0.765 bits per heavy atom. The monoisotopic (exact) mass is 720 g/mol. The standard InChI is InChI=1S/2C13H10NO.C7H8O3S.C6H6O3S/c2*1-14-8-4-7-10-9-5-2-3-6-11(9)13(15)12(10)14;1-6-2-4-7(5-3-6)11(8,9)10;7-10(8,9)6-4-2-1-3-5-6/h2*2-8H,1H3;2-5H,1H3,(H,8,9,10);1-5H,(H,7,8,9)/q2*+1;;/p-2. The number of aromatic nitrogens is 2. The highest BCUT2D eigenvalue weighted by Gasteiger charge is 2.34. The molecule has 0 N–H and O–H groups in total. The molecule has 2 aliphatic carbocycles. The largest absolute Gasteiger partial charge is 0.744 e. The lowest BCUT2D eigenvalue weighted by Gasteiger charge is -2.05. The van der Waals surface area contributed by atoms with Gasteiger partial charge in [-0.15, -0.1) is 0 Å². The average molecular weight is 721 g/mol. The van der Waals surface area contributed by atoms with E-state index in [1.54, 1.807) is 18.2 Å². The SMILES string of the molecule is C[n+]1cccc2c1C(=O)c1ccccc1-2.C[n+]1cccc2c1C(=O)c1ccccc1-2.Cc1ccc(S(=O)(=O)[O-])cc1.O=S(=O)([O-])c1ccccc1. The molecule has 0 radical (unpaired) electrons. The molecular formula is C39H32N2O8S2. The summed E-state index contributed by atoms with van der Waals surface area (Å²) in [5.74, 6) is 0.257. The number of pyridine rings is 2. The van der Waals surface area contributed by atoms with E-state index in [1.165, 1.54) is 36.4 Å². The van der Waals surface area contributed by atoms with Crippen LogP contribution >= 0.6 is 0 Å². The van der Waals surface area contributed by atoms with Crippen LogP contribution in [0.5, 0.6) is 0 Å². The van der Waals surface area contributed by atoms with Crippen LogP contribution in [0.3, 0.4) is 0 Å². The maximum absolute atomic E-state index is 12.1. The van der Waals surface area contributed by atoms with Crippen molar-refractivity contribution in [1.82, 2.24) is 0 Å². The van der Waals surface area contributed by atoms with E-state index in [9.17, 15) is 35.5 Å². The van der Waals surface area contributed by atoms with Gasteiger partial charge in [-0.1, -0.05) is 84.4 Å². The molecule has 6 aromatic rings. The van der Waals surface area contributed by atoms with Crippen molar-refractivity contribution in [1.29, 1.82) is 0 Å². The Morgan fingerprint density at radius 1 is 0.431 bits per heavy atom. The van der Waals surface area contributed by atoms with Gasteiger partial charge in [0.15, 0.2) is 12.4 Å². The molecule has 0 saturated heterocycles. The van der Waals surface area contributed by atoms with Gasteiger partial charge < -0.3 is 9.11 Å². The fourth-order valence-electron chi connectivity index (χ4n) is 5.60. The maximum atomic E-state index is 12.1. The Kier molecular flexibility index (Phi) is 10.8. The average Bonchev–Trinajstić information content (AvgIpc) is 3.58. The molecule has 12 heteroatoms. The second-order valence-electron chi connectivity index (χ2n) is 11.5. The topological polar surface area (TPSA) is 156 Å². The lowest BCUT2D eigenvalue weighted by molar-refractivity contribution is -0.672. The predicted molar refractivity (Wildman–Crippen MR) is 187 cm³/mol. The van der Waals surface area contributed by atoms with Gasteiger partial charge in [-0.2, -0.15) is 9.13 Å². The summed E-state index contributed by atoms with van der Waals surface area (Å²) in [6.07, 6.45) is 3.81. The van der Waals surface area contributed by atoms with E-state index < -0.39 is 20.2 Å². The third-order valence-electron chi connectivity index (χ3n) is 8.06. The summed E-state index contributed by atoms with van der Waals surface area (Å²) in [4.78, 5) is 23.8. The van der Waals surface area contributed by atoms with E-state index in [4.69, 9.17) is 0 Å². The summed E-state index contributed by atoms with van der Waals surface area (Å²) in [6.45, 7) is 1.82. The Morgan fingerprint density at radius 3 is 1.14 bits per heavy atom. The fraction of sp³-hybridized carbons (Fsp3) is 0.0769. The molecule has 8 rings (SSSR count). The number of ketones is 2. The van der Waals surface area contributed by atoms with Crippen molar-refractivity contribution in [3.63, 3.8) is 0 Å². The van der Waals surface area contributed by atoms with E-state index in [-0.39, 0.29) is 21.4 Å². The fourth-order valence-corrected chi connectivity index (χ4v) is 6.56. The van der Waals surface area contributed by atoms with Crippen molar-refractivity contribution >= 4 is 31.8 Å². The van der Waals surface area contributed by atoms with Gasteiger partial charge in [-0.3, -0.25) is 9.59 Å². The second-order valence-corrected chi connectivity index (χ2v) is 14.3. The number of benzene rings is 4. The number of hydrogen-bond donors (Lipinski definition) is 0. The smallest absolute Gasteiger partial charge is 0.261 e. The third kappa shape index (κ3) is 8.22. The van der Waals surface area contributed by atoms with Crippen LogP contribution in [0.15, 0.2) is 150 Å². The van der Waals surface area contributed by atoms with Crippen LogP contribution in [0, 0.1) is 6.92 Å². The molecule has 2 aromatic heterocycles. The summed E-state index contributed by atoms with van der Waals surface area (Å²) in [5.41, 5.74) is 8.32. The molecule has 51 heavy (non-hydrogen) atoms. The zero-order chi connectivity index (χ0) is 36.9. The number of fused-ring (bicyclic) bond motifs is 6. The molecule has 2 heterocycles. The van der Waals surface area contributed by atoms with E-state index in [2.05, 4.69) is 0 Å². The minimum Gasteiger partial charge on any atom is -0.744 e. The highest BCUT2D eigenvalue weighted by molar-refractivity contribution is 7.86. The molecule has 4 aromatic carbocycles. The van der Waals surface area contributed by atoms with Crippen LogP contribution in [-0.4, -0.2) is 37.5 Å². The van der Waals surface area contributed by atoms with E-state index in [0.717, 1.165) is 50.3 Å². The number of hydrogen-bond acceptors (Lipinski definition) is 8. The summed E-state index contributed by atoms with van der Waals surface area (Å²) < 4.78 is 65.8. The summed E-state index contributed by atoms with van der Waals surface area (Å²) in [5, 5.41) is 0. The van der Waals surface area contributed by atoms with Crippen LogP contribution in [0.25, 0.3) is 22.3 Å². The quantitative estimate of drug-likeness (QED) is 0.180. The minimum atomic E-state index is -4.27. The van der Waals surface area contributed by atoms with Crippen LogP contribution in [0.2, 0.25) is 0 Å². The van der Waals surface area contributed by atoms with Crippen molar-refractivity contribution in [2.24, 2.45) is 14.1 Å². The van der Waals surface area contributed by atoms with E-state index in [1.807, 2.05) is 115 Å². The van der Waals surface area contributed by atoms with Crippen molar-refractivity contribution in [3.8, 4) is 22.3 Å². The first-order chi connectivity index (χ1) is 24.2. The molecule has 0 unspecified atom stereocenters. The number of carbonyl (C=O) groups excluding carboxylic acids is 2. The molecule has 258 valence electrons. The summed E-state index contributed by atoms with van der Waals surface area (Å²) in [6, 6.07) is 36.4. The second kappa shape index (κ2) is 15.1. The molecule has 10 nitrogen and oxygen atoms in total. The molecule has 0 bridgehead atoms. The van der Waals surface area contributed by atoms with Crippen molar-refractivity contribution in [2.75, 3.05) is 0 Å². The Labute approximate surface area is 296 Å². The number of nitrogens with zero attached hydrogens (tertiary/aromatic N) is 2. The molecule has 0 spiro atoms. The Balaban J connectivity index is 0.000000134. The molecule has 0 aliphatic heterocycles. The van der Waals surface area contributed by atoms with Crippen molar-refractivity contribution in [2.45, 2.75) is 16.7 Å². The first-order valence-electron chi connectivity index (χ1n) is 15.5. The molecular weight excluding hydrogens is 689 g/mol. The van der Waals surface area contributed by atoms with Crippen LogP contribution in [0.1, 0.15) is 37.7 Å². The van der Waals surface area contributed by atoms with Crippen LogP contribution in [0.4, 0.5) is 0 Å². The van der Waals surface area contributed by atoms with Crippen LogP contribution in [-0.2, 0) is 34.3 Å². The Hall–Kier alpha value is -5.66. The molecule has 0 amide bonds. The molecule has 2 aliphatic rings. The normalized spacial score (nSPS) is 12.0. The highest BCUT2D eigenvalue weighted by atomic mass is 32.2. The van der Waals surface area contributed by atoms with Crippen molar-refractivity contribution in [3.05, 3.63) is 168 Å². The predicted octanol–water partition coefficient (Wildman–Crippen LogP) is 4.93. The lowest BCUT2D eigenvalue weighted by Crippen LogP contribution is -2.34. The molecule has 0 fully saturated rings. The van der Waals surface area contributed by atoms with Gasteiger partial charge in [0.1, 0.15) is 34.3 Å². The maximum Gasteiger partial charge on any atom is 0.261 e. The first-order valence-corrected chi connectivity index (χ1v) is 18.3. The molecule has 0 saturated carbocycles. The van der Waals surface area contributed by atoms with Gasteiger partial charge in [-0.05, 0) is 54.4 Å². The zero-order valence-corrected chi connectivity index (χ0v) is 29.4.